The van der Waals surface area contributed by atoms with E-state index in [-0.39, 0.29) is 0 Å². The molecule has 0 unspecified atom stereocenters. The molecule has 0 bridgehead atoms. The lowest BCUT2D eigenvalue weighted by Crippen LogP contribution is -2.41. The third kappa shape index (κ3) is 3.37. The van der Waals surface area contributed by atoms with Crippen molar-refractivity contribution in [3.05, 3.63) is 23.8 Å². The van der Waals surface area contributed by atoms with Crippen molar-refractivity contribution in [1.82, 2.24) is 10.4 Å². The van der Waals surface area contributed by atoms with E-state index in [0.717, 1.165) is 31.1 Å². The molecule has 0 aromatic heterocycles. The fourth-order valence-corrected chi connectivity index (χ4v) is 2.25. The number of benzene rings is 1. The molecule has 0 spiro atoms. The summed E-state index contributed by atoms with van der Waals surface area (Å²) in [7, 11) is 3.32. The Labute approximate surface area is 109 Å². The fraction of sp³-hybridized carbons (Fsp3) is 0.571. The number of hydrogen-bond donors (Lipinski definition) is 1. The van der Waals surface area contributed by atoms with E-state index in [9.17, 15) is 0 Å². The normalized spacial score (nSPS) is 16.6. The van der Waals surface area contributed by atoms with Crippen molar-refractivity contribution >= 4 is 0 Å². The molecule has 4 nitrogen and oxygen atoms in total. The molecular formula is C14H22N2O2. The van der Waals surface area contributed by atoms with Gasteiger partial charge in [0.25, 0.3) is 0 Å². The van der Waals surface area contributed by atoms with Gasteiger partial charge in [-0.15, -0.1) is 0 Å². The predicted octanol–water partition coefficient (Wildman–Crippen LogP) is 2.19. The number of piperidine rings is 1. The molecule has 0 aliphatic carbocycles. The Kier molecular flexibility index (Phi) is 4.84. The van der Waals surface area contributed by atoms with E-state index in [1.165, 1.54) is 24.8 Å². The summed E-state index contributed by atoms with van der Waals surface area (Å²) in [6.45, 7) is 3.13. The van der Waals surface area contributed by atoms with Crippen LogP contribution in [0, 0.1) is 0 Å². The van der Waals surface area contributed by atoms with Crippen molar-refractivity contribution in [1.29, 1.82) is 0 Å². The van der Waals surface area contributed by atoms with Crippen LogP contribution >= 0.6 is 0 Å². The second-order valence-electron chi connectivity index (χ2n) is 4.57. The molecule has 1 aliphatic heterocycles. The van der Waals surface area contributed by atoms with Crippen LogP contribution in [-0.2, 0) is 6.54 Å². The van der Waals surface area contributed by atoms with Gasteiger partial charge in [-0.25, -0.2) is 5.01 Å². The Hall–Kier alpha value is -1.26. The molecule has 0 amide bonds. The van der Waals surface area contributed by atoms with Gasteiger partial charge in [0.2, 0.25) is 0 Å². The zero-order valence-corrected chi connectivity index (χ0v) is 11.2. The van der Waals surface area contributed by atoms with Gasteiger partial charge in [0.05, 0.1) is 14.2 Å². The molecule has 1 saturated heterocycles. The maximum Gasteiger partial charge on any atom is 0.161 e. The van der Waals surface area contributed by atoms with E-state index in [1.807, 2.05) is 12.1 Å². The molecule has 1 N–H and O–H groups in total. The van der Waals surface area contributed by atoms with Crippen LogP contribution in [0.25, 0.3) is 0 Å². The largest absolute Gasteiger partial charge is 0.493 e. The van der Waals surface area contributed by atoms with Crippen LogP contribution in [0.1, 0.15) is 24.8 Å². The fourth-order valence-electron chi connectivity index (χ4n) is 2.25. The van der Waals surface area contributed by atoms with Gasteiger partial charge in [-0.2, -0.15) is 0 Å². The highest BCUT2D eigenvalue weighted by atomic mass is 16.5. The third-order valence-corrected chi connectivity index (χ3v) is 3.31. The minimum absolute atomic E-state index is 0.777. The van der Waals surface area contributed by atoms with Crippen molar-refractivity contribution < 1.29 is 9.47 Å². The van der Waals surface area contributed by atoms with Crippen LogP contribution in [0.5, 0.6) is 11.5 Å². The van der Waals surface area contributed by atoms with Crippen molar-refractivity contribution in [2.45, 2.75) is 25.8 Å². The van der Waals surface area contributed by atoms with Crippen molar-refractivity contribution in [3.63, 3.8) is 0 Å². The van der Waals surface area contributed by atoms with E-state index in [1.54, 1.807) is 14.2 Å². The second-order valence-corrected chi connectivity index (χ2v) is 4.57. The Morgan fingerprint density at radius 2 is 1.78 bits per heavy atom. The van der Waals surface area contributed by atoms with E-state index >= 15 is 0 Å². The monoisotopic (exact) mass is 250 g/mol. The zero-order valence-electron chi connectivity index (χ0n) is 11.2. The average molecular weight is 250 g/mol. The molecule has 2 rings (SSSR count). The molecule has 0 radical (unpaired) electrons. The van der Waals surface area contributed by atoms with E-state index in [4.69, 9.17) is 9.47 Å². The first-order chi connectivity index (χ1) is 8.83. The highest BCUT2D eigenvalue weighted by Gasteiger charge is 2.10. The molecule has 1 aliphatic rings. The molecule has 100 valence electrons. The van der Waals surface area contributed by atoms with Crippen LogP contribution in [0.4, 0.5) is 0 Å². The molecule has 4 heteroatoms. The summed E-state index contributed by atoms with van der Waals surface area (Å²) in [4.78, 5) is 0. The van der Waals surface area contributed by atoms with Crippen LogP contribution in [0.15, 0.2) is 18.2 Å². The van der Waals surface area contributed by atoms with Crippen LogP contribution in [0.2, 0.25) is 0 Å². The summed E-state index contributed by atoms with van der Waals surface area (Å²) < 4.78 is 10.5. The molecule has 1 aromatic rings. The first kappa shape index (κ1) is 13.2. The van der Waals surface area contributed by atoms with Crippen LogP contribution in [0.3, 0.4) is 0 Å². The quantitative estimate of drug-likeness (QED) is 0.868. The first-order valence-corrected chi connectivity index (χ1v) is 6.53. The van der Waals surface area contributed by atoms with Gasteiger partial charge in [0, 0.05) is 19.6 Å². The summed E-state index contributed by atoms with van der Waals surface area (Å²) in [5.41, 5.74) is 4.67. The Balaban J connectivity index is 1.92. The van der Waals surface area contributed by atoms with Gasteiger partial charge >= 0.3 is 0 Å². The topological polar surface area (TPSA) is 33.7 Å². The molecular weight excluding hydrogens is 228 g/mol. The maximum atomic E-state index is 5.30. The highest BCUT2D eigenvalue weighted by molar-refractivity contribution is 5.42. The van der Waals surface area contributed by atoms with Gasteiger partial charge < -0.3 is 9.47 Å². The summed E-state index contributed by atoms with van der Waals surface area (Å²) in [5.74, 6) is 1.56. The molecule has 1 fully saturated rings. The SMILES string of the molecule is COc1ccc(CNN2CCCCC2)cc1OC. The summed E-state index contributed by atoms with van der Waals surface area (Å²) in [6, 6.07) is 6.04. The Morgan fingerprint density at radius 1 is 1.06 bits per heavy atom. The summed E-state index contributed by atoms with van der Waals surface area (Å²) in [5, 5.41) is 2.31. The smallest absolute Gasteiger partial charge is 0.161 e. The molecule has 18 heavy (non-hydrogen) atoms. The molecule has 0 saturated carbocycles. The number of nitrogens with zero attached hydrogens (tertiary/aromatic N) is 1. The lowest BCUT2D eigenvalue weighted by molar-refractivity contribution is 0.151. The molecule has 1 aromatic carbocycles. The first-order valence-electron chi connectivity index (χ1n) is 6.53. The van der Waals surface area contributed by atoms with Crippen LogP contribution in [-0.4, -0.2) is 32.3 Å². The Morgan fingerprint density at radius 3 is 2.44 bits per heavy atom. The van der Waals surface area contributed by atoms with E-state index in [0.29, 0.717) is 0 Å². The van der Waals surface area contributed by atoms with E-state index in [2.05, 4.69) is 16.5 Å². The minimum atomic E-state index is 0.777. The van der Waals surface area contributed by atoms with Crippen molar-refractivity contribution in [2.75, 3.05) is 27.3 Å². The standard InChI is InChI=1S/C14H22N2O2/c1-17-13-7-6-12(10-14(13)18-2)11-15-16-8-4-3-5-9-16/h6-7,10,15H,3-5,8-9,11H2,1-2H3. The van der Waals surface area contributed by atoms with E-state index < -0.39 is 0 Å². The number of hydrogen-bond acceptors (Lipinski definition) is 4. The molecule has 0 atom stereocenters. The predicted molar refractivity (Wildman–Crippen MR) is 71.8 cm³/mol. The van der Waals surface area contributed by atoms with Crippen molar-refractivity contribution in [3.8, 4) is 11.5 Å². The van der Waals surface area contributed by atoms with Crippen molar-refractivity contribution in [2.24, 2.45) is 0 Å². The van der Waals surface area contributed by atoms with Gasteiger partial charge in [-0.1, -0.05) is 12.5 Å². The summed E-state index contributed by atoms with van der Waals surface area (Å²) in [6.07, 6.45) is 3.94. The third-order valence-electron chi connectivity index (χ3n) is 3.31. The van der Waals surface area contributed by atoms with Gasteiger partial charge in [0.1, 0.15) is 0 Å². The summed E-state index contributed by atoms with van der Waals surface area (Å²) >= 11 is 0. The minimum Gasteiger partial charge on any atom is -0.493 e. The van der Waals surface area contributed by atoms with Gasteiger partial charge in [0.15, 0.2) is 11.5 Å². The van der Waals surface area contributed by atoms with Crippen LogP contribution < -0.4 is 14.9 Å². The lowest BCUT2D eigenvalue weighted by Gasteiger charge is -2.27. The zero-order chi connectivity index (χ0) is 12.8. The van der Waals surface area contributed by atoms with Gasteiger partial charge in [-0.05, 0) is 30.5 Å². The number of hydrazine groups is 1. The lowest BCUT2D eigenvalue weighted by atomic mass is 10.1. The number of methoxy groups -OCH3 is 2. The number of ether oxygens (including phenoxy) is 2. The highest BCUT2D eigenvalue weighted by Crippen LogP contribution is 2.27. The average Bonchev–Trinajstić information content (AvgIpc) is 2.45. The Bertz CT molecular complexity index is 376. The van der Waals surface area contributed by atoms with Gasteiger partial charge in [-0.3, -0.25) is 5.43 Å². The number of rotatable bonds is 5. The molecule has 1 heterocycles. The maximum absolute atomic E-state index is 5.30. The second kappa shape index (κ2) is 6.61. The number of nitrogens with one attached hydrogen (secondary N) is 1.